The van der Waals surface area contributed by atoms with Gasteiger partial charge in [-0.15, -0.1) is 0 Å². The summed E-state index contributed by atoms with van der Waals surface area (Å²) in [5.41, 5.74) is 0.493. The van der Waals surface area contributed by atoms with E-state index in [1.165, 1.54) is 13.4 Å². The zero-order valence-corrected chi connectivity index (χ0v) is 12.4. The Bertz CT molecular complexity index is 460. The number of hydrogen-bond donors (Lipinski definition) is 2. The van der Waals surface area contributed by atoms with E-state index >= 15 is 0 Å². The molecule has 6 nitrogen and oxygen atoms in total. The lowest BCUT2D eigenvalue weighted by Crippen LogP contribution is -2.41. The summed E-state index contributed by atoms with van der Waals surface area (Å²) in [6.45, 7) is 6.78. The van der Waals surface area contributed by atoms with Gasteiger partial charge in [0, 0.05) is 30.6 Å². The van der Waals surface area contributed by atoms with Crippen LogP contribution in [-0.4, -0.2) is 31.1 Å². The maximum Gasteiger partial charge on any atom is 0.374 e. The van der Waals surface area contributed by atoms with Gasteiger partial charge in [0.15, 0.2) is 0 Å². The third-order valence-corrected chi connectivity index (χ3v) is 2.48. The second kappa shape index (κ2) is 7.09. The Morgan fingerprint density at radius 1 is 1.35 bits per heavy atom. The molecule has 1 amide bonds. The van der Waals surface area contributed by atoms with Crippen molar-refractivity contribution in [1.29, 1.82) is 0 Å². The average Bonchev–Trinajstić information content (AvgIpc) is 2.79. The summed E-state index contributed by atoms with van der Waals surface area (Å²) in [6, 6.07) is 1.70. The Morgan fingerprint density at radius 3 is 2.65 bits per heavy atom. The maximum absolute atomic E-state index is 11.6. The minimum Gasteiger partial charge on any atom is -0.463 e. The van der Waals surface area contributed by atoms with Gasteiger partial charge < -0.3 is 19.8 Å². The van der Waals surface area contributed by atoms with E-state index in [0.717, 1.165) is 0 Å². The van der Waals surface area contributed by atoms with Crippen molar-refractivity contribution in [2.45, 2.75) is 39.3 Å². The minimum absolute atomic E-state index is 0.00890. The minimum atomic E-state index is -0.503. The number of ether oxygens (including phenoxy) is 1. The monoisotopic (exact) mass is 282 g/mol. The molecule has 1 aromatic rings. The van der Waals surface area contributed by atoms with Crippen LogP contribution in [0.1, 0.15) is 43.3 Å². The average molecular weight is 282 g/mol. The summed E-state index contributed by atoms with van der Waals surface area (Å²) < 4.78 is 9.68. The van der Waals surface area contributed by atoms with Crippen molar-refractivity contribution >= 4 is 11.9 Å². The SMILES string of the molecule is COC(=O)c1occc1CNCCC(=O)NC(C)(C)C. The molecule has 6 heteroatoms. The summed E-state index contributed by atoms with van der Waals surface area (Å²) in [4.78, 5) is 23.0. The topological polar surface area (TPSA) is 80.6 Å². The number of hydrogen-bond acceptors (Lipinski definition) is 5. The molecule has 0 aliphatic carbocycles. The summed E-state index contributed by atoms with van der Waals surface area (Å²) >= 11 is 0. The normalized spacial score (nSPS) is 11.2. The number of esters is 1. The number of rotatable bonds is 6. The highest BCUT2D eigenvalue weighted by molar-refractivity contribution is 5.87. The Kier molecular flexibility index (Phi) is 5.76. The highest BCUT2D eigenvalue weighted by atomic mass is 16.5. The molecule has 1 rings (SSSR count). The first-order valence-electron chi connectivity index (χ1n) is 6.50. The number of amides is 1. The van der Waals surface area contributed by atoms with Crippen LogP contribution in [0.25, 0.3) is 0 Å². The molecule has 2 N–H and O–H groups in total. The van der Waals surface area contributed by atoms with Gasteiger partial charge in [0.1, 0.15) is 0 Å². The lowest BCUT2D eigenvalue weighted by atomic mass is 10.1. The van der Waals surface area contributed by atoms with Gasteiger partial charge in [-0.2, -0.15) is 0 Å². The highest BCUT2D eigenvalue weighted by Crippen LogP contribution is 2.11. The van der Waals surface area contributed by atoms with Crippen LogP contribution in [0, 0.1) is 0 Å². The van der Waals surface area contributed by atoms with E-state index < -0.39 is 5.97 Å². The van der Waals surface area contributed by atoms with Crippen molar-refractivity contribution < 1.29 is 18.7 Å². The molecular weight excluding hydrogens is 260 g/mol. The van der Waals surface area contributed by atoms with E-state index in [0.29, 0.717) is 25.1 Å². The smallest absolute Gasteiger partial charge is 0.374 e. The molecule has 0 aliphatic heterocycles. The highest BCUT2D eigenvalue weighted by Gasteiger charge is 2.16. The van der Waals surface area contributed by atoms with E-state index in [2.05, 4.69) is 15.4 Å². The van der Waals surface area contributed by atoms with Crippen LogP contribution < -0.4 is 10.6 Å². The van der Waals surface area contributed by atoms with Crippen LogP contribution in [0.3, 0.4) is 0 Å². The Labute approximate surface area is 118 Å². The third-order valence-electron chi connectivity index (χ3n) is 2.48. The summed E-state index contributed by atoms with van der Waals surface area (Å²) in [5.74, 6) is -0.318. The molecule has 0 fully saturated rings. The predicted octanol–water partition coefficient (Wildman–Crippen LogP) is 1.46. The molecule has 0 saturated carbocycles. The molecule has 0 radical (unpaired) electrons. The van der Waals surface area contributed by atoms with Crippen LogP contribution in [0.2, 0.25) is 0 Å². The van der Waals surface area contributed by atoms with Crippen LogP contribution in [0.5, 0.6) is 0 Å². The van der Waals surface area contributed by atoms with Gasteiger partial charge >= 0.3 is 5.97 Å². The molecule has 0 saturated heterocycles. The fraction of sp³-hybridized carbons (Fsp3) is 0.571. The van der Waals surface area contributed by atoms with E-state index in [9.17, 15) is 9.59 Å². The Hall–Kier alpha value is -1.82. The third kappa shape index (κ3) is 5.44. The van der Waals surface area contributed by atoms with Gasteiger partial charge in [0.2, 0.25) is 11.7 Å². The van der Waals surface area contributed by atoms with Gasteiger partial charge in [-0.25, -0.2) is 4.79 Å². The number of carbonyl (C=O) groups excluding carboxylic acids is 2. The first kappa shape index (κ1) is 16.2. The van der Waals surface area contributed by atoms with Crippen molar-refractivity contribution in [2.75, 3.05) is 13.7 Å². The van der Waals surface area contributed by atoms with Gasteiger partial charge in [0.05, 0.1) is 13.4 Å². The van der Waals surface area contributed by atoms with Crippen LogP contribution in [0.15, 0.2) is 16.7 Å². The molecule has 20 heavy (non-hydrogen) atoms. The zero-order chi connectivity index (χ0) is 15.2. The first-order valence-corrected chi connectivity index (χ1v) is 6.50. The fourth-order valence-corrected chi connectivity index (χ4v) is 1.65. The second-order valence-corrected chi connectivity index (χ2v) is 5.49. The molecular formula is C14H22N2O4. The van der Waals surface area contributed by atoms with Crippen molar-refractivity contribution in [3.8, 4) is 0 Å². The van der Waals surface area contributed by atoms with Crippen LogP contribution in [0.4, 0.5) is 0 Å². The summed E-state index contributed by atoms with van der Waals surface area (Å²) in [5, 5.41) is 5.98. The molecule has 0 bridgehead atoms. The van der Waals surface area contributed by atoms with E-state index in [4.69, 9.17) is 4.42 Å². The van der Waals surface area contributed by atoms with E-state index in [1.807, 2.05) is 20.8 Å². The molecule has 0 atom stereocenters. The lowest BCUT2D eigenvalue weighted by Gasteiger charge is -2.20. The van der Waals surface area contributed by atoms with E-state index in [-0.39, 0.29) is 17.2 Å². The Balaban J connectivity index is 2.33. The quantitative estimate of drug-likeness (QED) is 0.610. The largest absolute Gasteiger partial charge is 0.463 e. The molecule has 0 spiro atoms. The van der Waals surface area contributed by atoms with Crippen LogP contribution in [-0.2, 0) is 16.1 Å². The molecule has 0 aromatic carbocycles. The molecule has 0 aliphatic rings. The summed E-state index contributed by atoms with van der Waals surface area (Å²) in [6.07, 6.45) is 1.82. The maximum atomic E-state index is 11.6. The van der Waals surface area contributed by atoms with Gasteiger partial charge in [-0.3, -0.25) is 4.79 Å². The van der Waals surface area contributed by atoms with Crippen molar-refractivity contribution in [2.24, 2.45) is 0 Å². The zero-order valence-electron chi connectivity index (χ0n) is 12.4. The van der Waals surface area contributed by atoms with E-state index in [1.54, 1.807) is 6.07 Å². The number of nitrogens with one attached hydrogen (secondary N) is 2. The predicted molar refractivity (Wildman–Crippen MR) is 74.3 cm³/mol. The fourth-order valence-electron chi connectivity index (χ4n) is 1.65. The standard InChI is InChI=1S/C14H22N2O4/c1-14(2,3)16-11(17)5-7-15-9-10-6-8-20-12(10)13(18)19-4/h6,8,15H,5,7,9H2,1-4H3,(H,16,17). The molecule has 112 valence electrons. The molecule has 1 aromatic heterocycles. The van der Waals surface area contributed by atoms with Crippen molar-refractivity contribution in [1.82, 2.24) is 10.6 Å². The molecule has 0 unspecified atom stereocenters. The second-order valence-electron chi connectivity index (χ2n) is 5.49. The Morgan fingerprint density at radius 2 is 2.05 bits per heavy atom. The van der Waals surface area contributed by atoms with Crippen molar-refractivity contribution in [3.05, 3.63) is 23.7 Å². The van der Waals surface area contributed by atoms with Gasteiger partial charge in [-0.1, -0.05) is 0 Å². The van der Waals surface area contributed by atoms with Gasteiger partial charge in [0.25, 0.3) is 0 Å². The molecule has 1 heterocycles. The van der Waals surface area contributed by atoms with Gasteiger partial charge in [-0.05, 0) is 26.8 Å². The number of methoxy groups -OCH3 is 1. The first-order chi connectivity index (χ1) is 9.33. The van der Waals surface area contributed by atoms with Crippen molar-refractivity contribution in [3.63, 3.8) is 0 Å². The number of furan rings is 1. The van der Waals surface area contributed by atoms with Crippen LogP contribution >= 0.6 is 0 Å². The number of carbonyl (C=O) groups is 2. The summed E-state index contributed by atoms with van der Waals surface area (Å²) in [7, 11) is 1.30. The lowest BCUT2D eigenvalue weighted by molar-refractivity contribution is -0.122.